The van der Waals surface area contributed by atoms with Gasteiger partial charge in [-0.3, -0.25) is 4.79 Å². The zero-order valence-corrected chi connectivity index (χ0v) is 10.4. The predicted octanol–water partition coefficient (Wildman–Crippen LogP) is 0.506. The first-order valence-corrected chi connectivity index (χ1v) is 7.13. The molecule has 0 spiro atoms. The monoisotopic (exact) mass is 244 g/mol. The number of primary amides is 1. The van der Waals surface area contributed by atoms with E-state index in [1.807, 2.05) is 11.8 Å². The molecule has 0 aromatic heterocycles. The lowest BCUT2D eigenvalue weighted by atomic mass is 9.94. The van der Waals surface area contributed by atoms with Gasteiger partial charge in [-0.1, -0.05) is 0 Å². The van der Waals surface area contributed by atoms with Crippen LogP contribution in [0.1, 0.15) is 25.7 Å². The van der Waals surface area contributed by atoms with E-state index in [0.717, 1.165) is 50.3 Å². The quantitative estimate of drug-likeness (QED) is 0.756. The summed E-state index contributed by atoms with van der Waals surface area (Å²) in [5.74, 6) is 1.73. The van der Waals surface area contributed by atoms with Gasteiger partial charge in [0.25, 0.3) is 0 Å². The van der Waals surface area contributed by atoms with Gasteiger partial charge in [-0.15, -0.1) is 0 Å². The molecule has 0 aromatic rings. The second kappa shape index (κ2) is 5.38. The highest BCUT2D eigenvalue weighted by Crippen LogP contribution is 2.27. The number of rotatable bonds is 4. The van der Waals surface area contributed by atoms with Crippen LogP contribution in [0.25, 0.3) is 0 Å². The van der Waals surface area contributed by atoms with E-state index >= 15 is 0 Å². The van der Waals surface area contributed by atoms with Crippen LogP contribution in [0.3, 0.4) is 0 Å². The van der Waals surface area contributed by atoms with Crippen LogP contribution in [-0.4, -0.2) is 42.2 Å². The third kappa shape index (κ3) is 2.70. The zero-order valence-electron chi connectivity index (χ0n) is 9.54. The van der Waals surface area contributed by atoms with Crippen molar-refractivity contribution >= 4 is 17.7 Å². The maximum absolute atomic E-state index is 11.6. The van der Waals surface area contributed by atoms with Crippen LogP contribution in [0.4, 0.5) is 0 Å². The summed E-state index contributed by atoms with van der Waals surface area (Å²) in [5, 5.41) is 3.36. The van der Waals surface area contributed by atoms with Gasteiger partial charge in [-0.05, 0) is 31.4 Å². The van der Waals surface area contributed by atoms with Crippen molar-refractivity contribution in [1.29, 1.82) is 0 Å². The lowest BCUT2D eigenvalue weighted by Gasteiger charge is -2.35. The first-order chi connectivity index (χ1) is 7.73. The Labute approximate surface area is 101 Å². The summed E-state index contributed by atoms with van der Waals surface area (Å²) in [6.45, 7) is 1.61. The van der Waals surface area contributed by atoms with Crippen LogP contribution in [-0.2, 0) is 9.53 Å². The molecule has 2 saturated heterocycles. The Bertz CT molecular complexity index is 248. The minimum absolute atomic E-state index is 0.210. The molecule has 16 heavy (non-hydrogen) atoms. The first-order valence-electron chi connectivity index (χ1n) is 5.97. The van der Waals surface area contributed by atoms with Gasteiger partial charge < -0.3 is 15.8 Å². The summed E-state index contributed by atoms with van der Waals surface area (Å²) in [6.07, 6.45) is 4.41. The normalized spacial score (nSPS) is 35.1. The molecular formula is C11H20N2O2S. The van der Waals surface area contributed by atoms with Crippen molar-refractivity contribution in [3.63, 3.8) is 0 Å². The second-order valence-electron chi connectivity index (χ2n) is 4.62. The zero-order chi connectivity index (χ0) is 11.4. The summed E-state index contributed by atoms with van der Waals surface area (Å²) >= 11 is 1.81. The number of thioether (sulfide) groups is 1. The number of nitrogens with one attached hydrogen (secondary N) is 1. The Morgan fingerprint density at radius 3 is 3.00 bits per heavy atom. The second-order valence-corrected chi connectivity index (χ2v) is 5.72. The maximum atomic E-state index is 11.6. The molecule has 0 radical (unpaired) electrons. The van der Waals surface area contributed by atoms with E-state index < -0.39 is 5.54 Å². The highest BCUT2D eigenvalue weighted by Gasteiger charge is 2.38. The lowest BCUT2D eigenvalue weighted by Crippen LogP contribution is -2.60. The van der Waals surface area contributed by atoms with E-state index in [4.69, 9.17) is 10.5 Å². The number of carbonyl (C=O) groups is 1. The third-order valence-corrected chi connectivity index (χ3v) is 4.68. The van der Waals surface area contributed by atoms with Crippen LogP contribution in [0, 0.1) is 0 Å². The Hall–Kier alpha value is -0.260. The van der Waals surface area contributed by atoms with Crippen LogP contribution in [0.15, 0.2) is 0 Å². The highest BCUT2D eigenvalue weighted by molar-refractivity contribution is 7.99. The first kappa shape index (κ1) is 12.2. The molecule has 2 atom stereocenters. The molecule has 2 heterocycles. The van der Waals surface area contributed by atoms with Gasteiger partial charge in [0.15, 0.2) is 0 Å². The Morgan fingerprint density at radius 1 is 1.56 bits per heavy atom. The molecule has 2 aliphatic rings. The van der Waals surface area contributed by atoms with Crippen LogP contribution < -0.4 is 11.1 Å². The van der Waals surface area contributed by atoms with Gasteiger partial charge in [0.2, 0.25) is 5.91 Å². The van der Waals surface area contributed by atoms with Crippen molar-refractivity contribution in [2.24, 2.45) is 5.73 Å². The smallest absolute Gasteiger partial charge is 0.238 e. The van der Waals surface area contributed by atoms with Crippen molar-refractivity contribution in [1.82, 2.24) is 5.32 Å². The summed E-state index contributed by atoms with van der Waals surface area (Å²) in [4.78, 5) is 11.6. The summed E-state index contributed by atoms with van der Waals surface area (Å²) in [6, 6.07) is 0. The van der Waals surface area contributed by atoms with Crippen molar-refractivity contribution in [2.75, 3.05) is 24.7 Å². The van der Waals surface area contributed by atoms with Gasteiger partial charge in [0.1, 0.15) is 5.54 Å². The van der Waals surface area contributed by atoms with Gasteiger partial charge in [-0.2, -0.15) is 11.8 Å². The summed E-state index contributed by atoms with van der Waals surface area (Å²) in [5.41, 5.74) is 5.04. The average Bonchev–Trinajstić information content (AvgIpc) is 2.80. The Kier molecular flexibility index (Phi) is 4.10. The standard InChI is InChI=1S/C11H20N2O2S/c12-10(14)11(4-2-6-16-8-11)13-7-9-3-1-5-15-9/h9,13H,1-8H2,(H2,12,14). The summed E-state index contributed by atoms with van der Waals surface area (Å²) in [7, 11) is 0. The van der Waals surface area contributed by atoms with Crippen LogP contribution >= 0.6 is 11.8 Å². The minimum Gasteiger partial charge on any atom is -0.377 e. The molecular weight excluding hydrogens is 224 g/mol. The molecule has 4 nitrogen and oxygen atoms in total. The predicted molar refractivity (Wildman–Crippen MR) is 65.5 cm³/mol. The lowest BCUT2D eigenvalue weighted by molar-refractivity contribution is -0.124. The number of ether oxygens (including phenoxy) is 1. The molecule has 92 valence electrons. The van der Waals surface area contributed by atoms with Crippen LogP contribution in [0.5, 0.6) is 0 Å². The molecule has 2 aliphatic heterocycles. The Morgan fingerprint density at radius 2 is 2.44 bits per heavy atom. The molecule has 0 aromatic carbocycles. The third-order valence-electron chi connectivity index (χ3n) is 3.40. The molecule has 2 fully saturated rings. The average molecular weight is 244 g/mol. The fourth-order valence-corrected chi connectivity index (χ4v) is 3.56. The number of hydrogen-bond acceptors (Lipinski definition) is 4. The highest BCUT2D eigenvalue weighted by atomic mass is 32.2. The van der Waals surface area contributed by atoms with Crippen molar-refractivity contribution in [3.8, 4) is 0 Å². The molecule has 2 unspecified atom stereocenters. The van der Waals surface area contributed by atoms with E-state index in [9.17, 15) is 4.79 Å². The van der Waals surface area contributed by atoms with Gasteiger partial charge in [0.05, 0.1) is 6.10 Å². The molecule has 5 heteroatoms. The van der Waals surface area contributed by atoms with E-state index in [1.54, 1.807) is 0 Å². The number of amides is 1. The van der Waals surface area contributed by atoms with Gasteiger partial charge in [-0.25, -0.2) is 0 Å². The molecule has 1 amide bonds. The van der Waals surface area contributed by atoms with Crippen molar-refractivity contribution in [3.05, 3.63) is 0 Å². The van der Waals surface area contributed by atoms with E-state index in [2.05, 4.69) is 5.32 Å². The fourth-order valence-electron chi connectivity index (χ4n) is 2.33. The summed E-state index contributed by atoms with van der Waals surface area (Å²) < 4.78 is 5.55. The molecule has 0 aliphatic carbocycles. The van der Waals surface area contributed by atoms with E-state index in [1.165, 1.54) is 0 Å². The Balaban J connectivity index is 1.88. The van der Waals surface area contributed by atoms with Crippen LogP contribution in [0.2, 0.25) is 0 Å². The minimum atomic E-state index is -0.491. The molecule has 3 N–H and O–H groups in total. The molecule has 0 bridgehead atoms. The molecule has 2 rings (SSSR count). The maximum Gasteiger partial charge on any atom is 0.238 e. The number of nitrogens with two attached hydrogens (primary N) is 1. The largest absolute Gasteiger partial charge is 0.377 e. The van der Waals surface area contributed by atoms with E-state index in [-0.39, 0.29) is 12.0 Å². The van der Waals surface area contributed by atoms with E-state index in [0.29, 0.717) is 0 Å². The topological polar surface area (TPSA) is 64.4 Å². The van der Waals surface area contributed by atoms with Crippen molar-refractivity contribution in [2.45, 2.75) is 37.3 Å². The number of carbonyl (C=O) groups excluding carboxylic acids is 1. The van der Waals surface area contributed by atoms with Crippen molar-refractivity contribution < 1.29 is 9.53 Å². The SMILES string of the molecule is NC(=O)C1(NCC2CCCO2)CCCSC1. The van der Waals surface area contributed by atoms with Gasteiger partial charge in [0, 0.05) is 18.9 Å². The van der Waals surface area contributed by atoms with Gasteiger partial charge >= 0.3 is 0 Å². The molecule has 0 saturated carbocycles. The fraction of sp³-hybridized carbons (Fsp3) is 0.909. The number of hydrogen-bond donors (Lipinski definition) is 2.